The van der Waals surface area contributed by atoms with Crippen molar-refractivity contribution in [3.8, 4) is 0 Å². The van der Waals surface area contributed by atoms with Gasteiger partial charge in [0.25, 0.3) is 0 Å². The molecule has 5 nitrogen and oxygen atoms in total. The first-order valence-electron chi connectivity index (χ1n) is 7.65. The van der Waals surface area contributed by atoms with Crippen molar-refractivity contribution in [3.05, 3.63) is 11.9 Å². The molecule has 1 fully saturated rings. The molecule has 0 bridgehead atoms. The zero-order valence-corrected chi connectivity index (χ0v) is 12.6. The van der Waals surface area contributed by atoms with Crippen molar-refractivity contribution in [1.82, 2.24) is 9.97 Å². The lowest BCUT2D eigenvalue weighted by molar-refractivity contribution is 0.172. The zero-order valence-electron chi connectivity index (χ0n) is 12.6. The van der Waals surface area contributed by atoms with E-state index in [0.717, 1.165) is 42.9 Å². The maximum Gasteiger partial charge on any atom is 0.135 e. The molecule has 1 aliphatic rings. The molecular weight excluding hydrogens is 252 g/mol. The van der Waals surface area contributed by atoms with E-state index < -0.39 is 0 Å². The fourth-order valence-corrected chi connectivity index (χ4v) is 3.02. The van der Waals surface area contributed by atoms with E-state index in [1.807, 2.05) is 7.05 Å². The summed E-state index contributed by atoms with van der Waals surface area (Å²) in [5.41, 5.74) is 0.913. The summed E-state index contributed by atoms with van der Waals surface area (Å²) in [5, 5.41) is 16.5. The molecule has 1 aliphatic carbocycles. The zero-order chi connectivity index (χ0) is 14.4. The SMILES string of the molecule is CCCc1c(NC)ncnc1NC1(CO)CCCCC1. The van der Waals surface area contributed by atoms with Gasteiger partial charge in [0.15, 0.2) is 0 Å². The van der Waals surface area contributed by atoms with Crippen LogP contribution in [0.3, 0.4) is 0 Å². The summed E-state index contributed by atoms with van der Waals surface area (Å²) in [5.74, 6) is 1.76. The summed E-state index contributed by atoms with van der Waals surface area (Å²) < 4.78 is 0. The Kier molecular flexibility index (Phi) is 5.17. The Morgan fingerprint density at radius 1 is 1.20 bits per heavy atom. The van der Waals surface area contributed by atoms with Crippen molar-refractivity contribution in [3.63, 3.8) is 0 Å². The lowest BCUT2D eigenvalue weighted by atomic mass is 9.82. The van der Waals surface area contributed by atoms with Crippen LogP contribution in [0.15, 0.2) is 6.33 Å². The second-order valence-electron chi connectivity index (χ2n) is 5.67. The molecule has 0 saturated heterocycles. The highest BCUT2D eigenvalue weighted by atomic mass is 16.3. The van der Waals surface area contributed by atoms with Gasteiger partial charge in [-0.2, -0.15) is 0 Å². The first-order valence-corrected chi connectivity index (χ1v) is 7.65. The van der Waals surface area contributed by atoms with Gasteiger partial charge in [-0.15, -0.1) is 0 Å². The highest BCUT2D eigenvalue weighted by molar-refractivity contribution is 5.58. The maximum absolute atomic E-state index is 9.83. The first kappa shape index (κ1) is 15.0. The normalized spacial score (nSPS) is 17.8. The van der Waals surface area contributed by atoms with Crippen molar-refractivity contribution in [2.45, 2.75) is 57.4 Å². The molecule has 0 amide bonds. The van der Waals surface area contributed by atoms with E-state index >= 15 is 0 Å². The Morgan fingerprint density at radius 2 is 1.90 bits per heavy atom. The lowest BCUT2D eigenvalue weighted by Crippen LogP contribution is -2.44. The minimum Gasteiger partial charge on any atom is -0.394 e. The van der Waals surface area contributed by atoms with E-state index in [1.54, 1.807) is 6.33 Å². The molecule has 20 heavy (non-hydrogen) atoms. The van der Waals surface area contributed by atoms with Crippen molar-refractivity contribution in [2.24, 2.45) is 0 Å². The van der Waals surface area contributed by atoms with Crippen LogP contribution in [0.2, 0.25) is 0 Å². The molecule has 0 atom stereocenters. The van der Waals surface area contributed by atoms with Crippen LogP contribution in [0.25, 0.3) is 0 Å². The molecule has 3 N–H and O–H groups in total. The summed E-state index contributed by atoms with van der Waals surface area (Å²) in [4.78, 5) is 8.71. The van der Waals surface area contributed by atoms with E-state index in [4.69, 9.17) is 0 Å². The quantitative estimate of drug-likeness (QED) is 0.746. The number of hydrogen-bond acceptors (Lipinski definition) is 5. The minimum atomic E-state index is -0.208. The molecule has 0 radical (unpaired) electrons. The molecule has 0 unspecified atom stereocenters. The van der Waals surface area contributed by atoms with Gasteiger partial charge in [-0.05, 0) is 19.3 Å². The summed E-state index contributed by atoms with van der Waals surface area (Å²) >= 11 is 0. The molecular formula is C15H26N4O. The van der Waals surface area contributed by atoms with Gasteiger partial charge in [-0.1, -0.05) is 32.6 Å². The van der Waals surface area contributed by atoms with E-state index in [0.29, 0.717) is 0 Å². The number of rotatable bonds is 6. The van der Waals surface area contributed by atoms with E-state index in [9.17, 15) is 5.11 Å². The molecule has 0 aromatic carbocycles. The Bertz CT molecular complexity index is 430. The largest absolute Gasteiger partial charge is 0.394 e. The van der Waals surface area contributed by atoms with Gasteiger partial charge in [0, 0.05) is 12.6 Å². The predicted octanol–water partition coefficient (Wildman–Crippen LogP) is 2.58. The van der Waals surface area contributed by atoms with Gasteiger partial charge in [0.1, 0.15) is 18.0 Å². The van der Waals surface area contributed by atoms with Crippen LogP contribution < -0.4 is 10.6 Å². The molecule has 0 spiro atoms. The van der Waals surface area contributed by atoms with Crippen LogP contribution in [0, 0.1) is 0 Å². The van der Waals surface area contributed by atoms with Crippen LogP contribution in [-0.2, 0) is 6.42 Å². The fourth-order valence-electron chi connectivity index (χ4n) is 3.02. The van der Waals surface area contributed by atoms with Gasteiger partial charge in [0.2, 0.25) is 0 Å². The van der Waals surface area contributed by atoms with Crippen LogP contribution in [-0.4, -0.2) is 34.3 Å². The monoisotopic (exact) mass is 278 g/mol. The highest BCUT2D eigenvalue weighted by Crippen LogP contribution is 2.33. The Morgan fingerprint density at radius 3 is 2.50 bits per heavy atom. The number of aliphatic hydroxyl groups excluding tert-OH is 1. The third-order valence-electron chi connectivity index (χ3n) is 4.18. The summed E-state index contributed by atoms with van der Waals surface area (Å²) in [6.45, 7) is 2.32. The van der Waals surface area contributed by atoms with E-state index in [2.05, 4.69) is 27.5 Å². The van der Waals surface area contributed by atoms with E-state index in [1.165, 1.54) is 19.3 Å². The van der Waals surface area contributed by atoms with Crippen LogP contribution >= 0.6 is 0 Å². The second kappa shape index (κ2) is 6.88. The Labute approximate surface area is 121 Å². The van der Waals surface area contributed by atoms with Crippen LogP contribution in [0.4, 0.5) is 11.6 Å². The number of anilines is 2. The van der Waals surface area contributed by atoms with Gasteiger partial charge in [-0.25, -0.2) is 9.97 Å². The third kappa shape index (κ3) is 3.20. The average molecular weight is 278 g/mol. The van der Waals surface area contributed by atoms with Crippen LogP contribution in [0.5, 0.6) is 0 Å². The maximum atomic E-state index is 9.83. The standard InChI is InChI=1S/C15H26N4O/c1-3-7-12-13(16-2)17-11-18-14(12)19-15(10-20)8-5-4-6-9-15/h11,20H,3-10H2,1-2H3,(H2,16,17,18,19). The number of aromatic nitrogens is 2. The Hall–Kier alpha value is -1.36. The molecule has 1 aromatic heterocycles. The van der Waals surface area contributed by atoms with Crippen molar-refractivity contribution in [1.29, 1.82) is 0 Å². The molecule has 2 rings (SSSR count). The minimum absolute atomic E-state index is 0.164. The van der Waals surface area contributed by atoms with Crippen molar-refractivity contribution >= 4 is 11.6 Å². The molecule has 5 heteroatoms. The molecule has 1 aromatic rings. The smallest absolute Gasteiger partial charge is 0.135 e. The lowest BCUT2D eigenvalue weighted by Gasteiger charge is -2.37. The van der Waals surface area contributed by atoms with Crippen molar-refractivity contribution < 1.29 is 5.11 Å². The molecule has 112 valence electrons. The molecule has 1 saturated carbocycles. The van der Waals surface area contributed by atoms with Gasteiger partial charge in [-0.3, -0.25) is 0 Å². The third-order valence-corrected chi connectivity index (χ3v) is 4.18. The number of hydrogen-bond donors (Lipinski definition) is 3. The van der Waals surface area contributed by atoms with Gasteiger partial charge < -0.3 is 15.7 Å². The number of aliphatic hydroxyl groups is 1. The summed E-state index contributed by atoms with van der Waals surface area (Å²) in [6, 6.07) is 0. The number of nitrogens with zero attached hydrogens (tertiary/aromatic N) is 2. The topological polar surface area (TPSA) is 70.1 Å². The average Bonchev–Trinajstić information content (AvgIpc) is 2.50. The molecule has 0 aliphatic heterocycles. The summed E-state index contributed by atoms with van der Waals surface area (Å²) in [7, 11) is 1.88. The Balaban J connectivity index is 2.26. The molecule has 1 heterocycles. The first-order chi connectivity index (χ1) is 9.74. The van der Waals surface area contributed by atoms with Crippen LogP contribution in [0.1, 0.15) is 51.0 Å². The van der Waals surface area contributed by atoms with Gasteiger partial charge >= 0.3 is 0 Å². The fraction of sp³-hybridized carbons (Fsp3) is 0.733. The van der Waals surface area contributed by atoms with Crippen molar-refractivity contribution in [2.75, 3.05) is 24.3 Å². The number of nitrogens with one attached hydrogen (secondary N) is 2. The second-order valence-corrected chi connectivity index (χ2v) is 5.67. The summed E-state index contributed by atoms with van der Waals surface area (Å²) in [6.07, 6.45) is 9.17. The van der Waals surface area contributed by atoms with Gasteiger partial charge in [0.05, 0.1) is 12.1 Å². The predicted molar refractivity (Wildman–Crippen MR) is 82.1 cm³/mol. The highest BCUT2D eigenvalue weighted by Gasteiger charge is 2.32. The van der Waals surface area contributed by atoms with E-state index in [-0.39, 0.29) is 12.1 Å².